The zero-order chi connectivity index (χ0) is 13.4. The molecule has 1 unspecified atom stereocenters. The van der Waals surface area contributed by atoms with Gasteiger partial charge in [-0.3, -0.25) is 4.79 Å². The first kappa shape index (κ1) is 14.7. The van der Waals surface area contributed by atoms with Crippen LogP contribution in [0.1, 0.15) is 24.5 Å². The van der Waals surface area contributed by atoms with E-state index in [1.54, 1.807) is 0 Å². The smallest absolute Gasteiger partial charge is 0.224 e. The third kappa shape index (κ3) is 4.88. The number of rotatable bonds is 7. The molecule has 3 heteroatoms. The molecule has 18 heavy (non-hydrogen) atoms. The molecule has 0 saturated carbocycles. The Hall–Kier alpha value is -1.35. The van der Waals surface area contributed by atoms with Crippen LogP contribution in [0.15, 0.2) is 24.3 Å². The van der Waals surface area contributed by atoms with Gasteiger partial charge in [0.2, 0.25) is 5.91 Å². The normalized spacial score (nSPS) is 12.2. The second-order valence-electron chi connectivity index (χ2n) is 4.69. The van der Waals surface area contributed by atoms with Gasteiger partial charge in [-0.1, -0.05) is 36.8 Å². The van der Waals surface area contributed by atoms with E-state index in [4.69, 9.17) is 0 Å². The zero-order valence-corrected chi connectivity index (χ0v) is 11.6. The van der Waals surface area contributed by atoms with Crippen LogP contribution in [0.2, 0.25) is 0 Å². The van der Waals surface area contributed by atoms with Gasteiger partial charge < -0.3 is 10.6 Å². The minimum absolute atomic E-state index is 0.0769. The molecule has 0 heterocycles. The SMILES string of the molecule is CCC(CNC)C(=O)NCCc1ccc(C)cc1. The number of hydrogen-bond acceptors (Lipinski definition) is 2. The summed E-state index contributed by atoms with van der Waals surface area (Å²) in [5, 5.41) is 6.06. The van der Waals surface area contributed by atoms with Crippen LogP contribution in [0.5, 0.6) is 0 Å². The molecule has 0 aliphatic rings. The van der Waals surface area contributed by atoms with Crippen molar-refractivity contribution in [2.75, 3.05) is 20.1 Å². The van der Waals surface area contributed by atoms with Crippen molar-refractivity contribution >= 4 is 5.91 Å². The molecule has 1 aromatic rings. The molecule has 3 nitrogen and oxygen atoms in total. The van der Waals surface area contributed by atoms with Crippen molar-refractivity contribution in [3.63, 3.8) is 0 Å². The number of nitrogens with one attached hydrogen (secondary N) is 2. The van der Waals surface area contributed by atoms with E-state index in [0.717, 1.165) is 19.4 Å². The summed E-state index contributed by atoms with van der Waals surface area (Å²) in [5.74, 6) is 0.229. The molecule has 0 fully saturated rings. The topological polar surface area (TPSA) is 41.1 Å². The molecule has 0 spiro atoms. The minimum Gasteiger partial charge on any atom is -0.355 e. The van der Waals surface area contributed by atoms with E-state index in [0.29, 0.717) is 6.54 Å². The van der Waals surface area contributed by atoms with E-state index in [1.165, 1.54) is 11.1 Å². The van der Waals surface area contributed by atoms with Crippen LogP contribution in [0.25, 0.3) is 0 Å². The zero-order valence-electron chi connectivity index (χ0n) is 11.6. The molecular formula is C15H24N2O. The summed E-state index contributed by atoms with van der Waals surface area (Å²) < 4.78 is 0. The van der Waals surface area contributed by atoms with Gasteiger partial charge in [-0.2, -0.15) is 0 Å². The maximum absolute atomic E-state index is 11.9. The van der Waals surface area contributed by atoms with Crippen LogP contribution in [0.4, 0.5) is 0 Å². The standard InChI is InChI=1S/C15H24N2O/c1-4-14(11-16-3)15(18)17-10-9-13-7-5-12(2)6-8-13/h5-8,14,16H,4,9-11H2,1-3H3,(H,17,18). The summed E-state index contributed by atoms with van der Waals surface area (Å²) in [6.45, 7) is 5.58. The van der Waals surface area contributed by atoms with Crippen molar-refractivity contribution in [3.05, 3.63) is 35.4 Å². The van der Waals surface area contributed by atoms with Crippen molar-refractivity contribution in [3.8, 4) is 0 Å². The highest BCUT2D eigenvalue weighted by Crippen LogP contribution is 2.04. The summed E-state index contributed by atoms with van der Waals surface area (Å²) >= 11 is 0. The fraction of sp³-hybridized carbons (Fsp3) is 0.533. The Kier molecular flexibility index (Phi) is 6.44. The molecule has 1 aromatic carbocycles. The Morgan fingerprint density at radius 3 is 2.50 bits per heavy atom. The first-order valence-corrected chi connectivity index (χ1v) is 6.65. The first-order chi connectivity index (χ1) is 8.67. The van der Waals surface area contributed by atoms with Crippen molar-refractivity contribution in [1.29, 1.82) is 0 Å². The highest BCUT2D eigenvalue weighted by Gasteiger charge is 2.14. The first-order valence-electron chi connectivity index (χ1n) is 6.65. The molecular weight excluding hydrogens is 224 g/mol. The largest absolute Gasteiger partial charge is 0.355 e. The van der Waals surface area contributed by atoms with E-state index in [2.05, 4.69) is 41.8 Å². The third-order valence-corrected chi connectivity index (χ3v) is 3.15. The molecule has 0 aliphatic carbocycles. The lowest BCUT2D eigenvalue weighted by atomic mass is 10.1. The van der Waals surface area contributed by atoms with Gasteiger partial charge in [0.05, 0.1) is 5.92 Å². The second-order valence-corrected chi connectivity index (χ2v) is 4.69. The molecule has 0 bridgehead atoms. The van der Waals surface area contributed by atoms with E-state index >= 15 is 0 Å². The molecule has 2 N–H and O–H groups in total. The summed E-state index contributed by atoms with van der Waals surface area (Å²) in [4.78, 5) is 11.9. The highest BCUT2D eigenvalue weighted by molar-refractivity contribution is 5.78. The Balaban J connectivity index is 2.32. The number of benzene rings is 1. The van der Waals surface area contributed by atoms with Gasteiger partial charge in [-0.25, -0.2) is 0 Å². The van der Waals surface area contributed by atoms with Gasteiger partial charge in [0.25, 0.3) is 0 Å². The number of carbonyl (C=O) groups is 1. The van der Waals surface area contributed by atoms with Crippen LogP contribution in [-0.2, 0) is 11.2 Å². The average Bonchev–Trinajstić information content (AvgIpc) is 2.38. The number of carbonyl (C=O) groups excluding carboxylic acids is 1. The molecule has 0 saturated heterocycles. The van der Waals surface area contributed by atoms with E-state index < -0.39 is 0 Å². The molecule has 0 aromatic heterocycles. The lowest BCUT2D eigenvalue weighted by molar-refractivity contribution is -0.124. The third-order valence-electron chi connectivity index (χ3n) is 3.15. The molecule has 100 valence electrons. The summed E-state index contributed by atoms with van der Waals surface area (Å²) in [5.41, 5.74) is 2.53. The van der Waals surface area contributed by atoms with Gasteiger partial charge in [-0.15, -0.1) is 0 Å². The van der Waals surface area contributed by atoms with Crippen LogP contribution in [0, 0.1) is 12.8 Å². The van der Waals surface area contributed by atoms with Crippen molar-refractivity contribution in [2.45, 2.75) is 26.7 Å². The minimum atomic E-state index is 0.0769. The monoisotopic (exact) mass is 248 g/mol. The molecule has 1 rings (SSSR count). The molecule has 1 amide bonds. The van der Waals surface area contributed by atoms with Gasteiger partial charge in [-0.05, 0) is 32.4 Å². The molecule has 0 aliphatic heterocycles. The van der Waals surface area contributed by atoms with E-state index in [1.807, 2.05) is 14.0 Å². The molecule has 0 radical (unpaired) electrons. The van der Waals surface area contributed by atoms with Gasteiger partial charge >= 0.3 is 0 Å². The van der Waals surface area contributed by atoms with E-state index in [9.17, 15) is 4.79 Å². The van der Waals surface area contributed by atoms with Crippen LogP contribution >= 0.6 is 0 Å². The fourth-order valence-corrected chi connectivity index (χ4v) is 1.90. The Morgan fingerprint density at radius 2 is 1.94 bits per heavy atom. The van der Waals surface area contributed by atoms with Gasteiger partial charge in [0, 0.05) is 13.1 Å². The van der Waals surface area contributed by atoms with Crippen LogP contribution in [-0.4, -0.2) is 26.0 Å². The summed E-state index contributed by atoms with van der Waals surface area (Å²) in [6, 6.07) is 8.44. The average molecular weight is 248 g/mol. The van der Waals surface area contributed by atoms with Crippen molar-refractivity contribution in [1.82, 2.24) is 10.6 Å². The highest BCUT2D eigenvalue weighted by atomic mass is 16.1. The van der Waals surface area contributed by atoms with Gasteiger partial charge in [0.1, 0.15) is 0 Å². The fourth-order valence-electron chi connectivity index (χ4n) is 1.90. The summed E-state index contributed by atoms with van der Waals surface area (Å²) in [7, 11) is 1.88. The quantitative estimate of drug-likeness (QED) is 0.774. The Labute approximate surface area is 110 Å². The summed E-state index contributed by atoms with van der Waals surface area (Å²) in [6.07, 6.45) is 1.76. The maximum Gasteiger partial charge on any atom is 0.224 e. The second kappa shape index (κ2) is 7.88. The lowest BCUT2D eigenvalue weighted by Crippen LogP contribution is -2.36. The molecule has 1 atom stereocenters. The predicted octanol–water partition coefficient (Wildman–Crippen LogP) is 1.90. The lowest BCUT2D eigenvalue weighted by Gasteiger charge is -2.14. The van der Waals surface area contributed by atoms with E-state index in [-0.39, 0.29) is 11.8 Å². The maximum atomic E-state index is 11.9. The van der Waals surface area contributed by atoms with Crippen molar-refractivity contribution < 1.29 is 4.79 Å². The van der Waals surface area contributed by atoms with Gasteiger partial charge in [0.15, 0.2) is 0 Å². The van der Waals surface area contributed by atoms with Crippen LogP contribution in [0.3, 0.4) is 0 Å². The Morgan fingerprint density at radius 1 is 1.28 bits per heavy atom. The number of amides is 1. The van der Waals surface area contributed by atoms with Crippen LogP contribution < -0.4 is 10.6 Å². The van der Waals surface area contributed by atoms with Crippen molar-refractivity contribution in [2.24, 2.45) is 5.92 Å². The Bertz CT molecular complexity index is 359. The number of hydrogen-bond donors (Lipinski definition) is 2. The number of aryl methyl sites for hydroxylation is 1. The predicted molar refractivity (Wildman–Crippen MR) is 75.6 cm³/mol.